The fourth-order valence-corrected chi connectivity index (χ4v) is 2.11. The first-order valence-electron chi connectivity index (χ1n) is 5.63. The van der Waals surface area contributed by atoms with Crippen LogP contribution in [0.4, 0.5) is 5.82 Å². The normalized spacial score (nSPS) is 10.8. The number of nitrogens with zero attached hydrogens (tertiary/aromatic N) is 2. The second-order valence-electron chi connectivity index (χ2n) is 4.10. The third kappa shape index (κ3) is 2.03. The van der Waals surface area contributed by atoms with Gasteiger partial charge in [0.15, 0.2) is 0 Å². The van der Waals surface area contributed by atoms with Crippen molar-refractivity contribution in [1.29, 1.82) is 0 Å². The molecule has 1 heterocycles. The highest BCUT2D eigenvalue weighted by Gasteiger charge is 2.13. The molecule has 2 N–H and O–H groups in total. The van der Waals surface area contributed by atoms with Crippen molar-refractivity contribution in [3.8, 4) is 11.3 Å². The first-order valence-corrected chi connectivity index (χ1v) is 6.01. The lowest BCUT2D eigenvalue weighted by Gasteiger charge is -2.04. The predicted molar refractivity (Wildman–Crippen MR) is 72.2 cm³/mol. The molecule has 0 fully saturated rings. The Kier molecular flexibility index (Phi) is 3.11. The number of aryl methyl sites for hydroxylation is 2. The number of halogens is 1. The molecule has 0 aliphatic carbocycles. The number of nitrogen functional groups attached to an aromatic ring is 1. The number of rotatable bonds is 2. The van der Waals surface area contributed by atoms with Crippen molar-refractivity contribution in [3.05, 3.63) is 34.6 Å². The molecule has 90 valence electrons. The molecular formula is C13H16ClN3. The summed E-state index contributed by atoms with van der Waals surface area (Å²) in [4.78, 5) is 4.50. The summed E-state index contributed by atoms with van der Waals surface area (Å²) in [5.74, 6) is 1.63. The average Bonchev–Trinajstić information content (AvgIpc) is 2.58. The topological polar surface area (TPSA) is 43.8 Å². The highest BCUT2D eigenvalue weighted by Crippen LogP contribution is 2.29. The summed E-state index contributed by atoms with van der Waals surface area (Å²) in [6.45, 7) is 6.81. The Morgan fingerprint density at radius 2 is 2.06 bits per heavy atom. The van der Waals surface area contributed by atoms with Crippen LogP contribution in [0.1, 0.15) is 18.3 Å². The minimum atomic E-state index is 0.699. The first kappa shape index (κ1) is 12.0. The molecule has 0 amide bonds. The summed E-state index contributed by atoms with van der Waals surface area (Å²) in [7, 11) is 0. The standard InChI is InChI=1S/C13H16ClN3/c1-4-17-9(3)16-12(13(17)15)10-6-5-8(2)11(14)7-10/h5-7H,4,15H2,1-3H3. The fraction of sp³-hybridized carbons (Fsp3) is 0.308. The van der Waals surface area contributed by atoms with E-state index in [1.165, 1.54) is 0 Å². The Bertz CT molecular complexity index is 558. The van der Waals surface area contributed by atoms with Gasteiger partial charge in [0.2, 0.25) is 0 Å². The Balaban J connectivity index is 2.57. The number of benzene rings is 1. The molecule has 0 saturated carbocycles. The van der Waals surface area contributed by atoms with Crippen LogP contribution >= 0.6 is 11.6 Å². The SMILES string of the molecule is CCn1c(C)nc(-c2ccc(C)c(Cl)c2)c1N. The van der Waals surface area contributed by atoms with E-state index >= 15 is 0 Å². The van der Waals surface area contributed by atoms with Crippen molar-refractivity contribution in [1.82, 2.24) is 9.55 Å². The smallest absolute Gasteiger partial charge is 0.131 e. The van der Waals surface area contributed by atoms with Gasteiger partial charge in [-0.1, -0.05) is 23.7 Å². The zero-order chi connectivity index (χ0) is 12.6. The van der Waals surface area contributed by atoms with Crippen molar-refractivity contribution >= 4 is 17.4 Å². The molecule has 0 aliphatic heterocycles. The summed E-state index contributed by atoms with van der Waals surface area (Å²) in [5.41, 5.74) is 8.93. The van der Waals surface area contributed by atoms with Crippen LogP contribution in [0.5, 0.6) is 0 Å². The van der Waals surface area contributed by atoms with Crippen molar-refractivity contribution in [2.45, 2.75) is 27.3 Å². The molecule has 3 nitrogen and oxygen atoms in total. The second kappa shape index (κ2) is 4.41. The monoisotopic (exact) mass is 249 g/mol. The zero-order valence-electron chi connectivity index (χ0n) is 10.3. The maximum absolute atomic E-state index is 6.12. The summed E-state index contributed by atoms with van der Waals surface area (Å²) >= 11 is 6.12. The first-order chi connectivity index (χ1) is 8.04. The van der Waals surface area contributed by atoms with Crippen molar-refractivity contribution in [2.75, 3.05) is 5.73 Å². The molecule has 0 aliphatic rings. The number of hydrogen-bond donors (Lipinski definition) is 1. The highest BCUT2D eigenvalue weighted by molar-refractivity contribution is 6.31. The number of hydrogen-bond acceptors (Lipinski definition) is 2. The van der Waals surface area contributed by atoms with Gasteiger partial charge in [-0.2, -0.15) is 0 Å². The van der Waals surface area contributed by atoms with E-state index < -0.39 is 0 Å². The lowest BCUT2D eigenvalue weighted by molar-refractivity contribution is 0.739. The Labute approximate surface area is 106 Å². The van der Waals surface area contributed by atoms with Gasteiger partial charge in [0, 0.05) is 17.1 Å². The van der Waals surface area contributed by atoms with Gasteiger partial charge in [0.25, 0.3) is 0 Å². The van der Waals surface area contributed by atoms with Gasteiger partial charge in [-0.15, -0.1) is 0 Å². The van der Waals surface area contributed by atoms with E-state index in [0.29, 0.717) is 5.82 Å². The van der Waals surface area contributed by atoms with E-state index in [2.05, 4.69) is 11.9 Å². The summed E-state index contributed by atoms with van der Waals surface area (Å²) in [6, 6.07) is 5.89. The van der Waals surface area contributed by atoms with Crippen LogP contribution in [-0.4, -0.2) is 9.55 Å². The van der Waals surface area contributed by atoms with Gasteiger partial charge in [-0.05, 0) is 32.4 Å². The molecule has 0 bridgehead atoms. The maximum Gasteiger partial charge on any atom is 0.131 e. The molecule has 0 radical (unpaired) electrons. The van der Waals surface area contributed by atoms with E-state index in [1.54, 1.807) is 0 Å². The Hall–Kier alpha value is -1.48. The van der Waals surface area contributed by atoms with Crippen LogP contribution in [0.15, 0.2) is 18.2 Å². The number of nitrogens with two attached hydrogens (primary N) is 1. The maximum atomic E-state index is 6.12. The summed E-state index contributed by atoms with van der Waals surface area (Å²) in [5, 5.41) is 0.741. The number of imidazole rings is 1. The van der Waals surface area contributed by atoms with E-state index in [0.717, 1.165) is 34.2 Å². The number of aromatic nitrogens is 2. The van der Waals surface area contributed by atoms with Crippen LogP contribution in [0, 0.1) is 13.8 Å². The van der Waals surface area contributed by atoms with E-state index in [-0.39, 0.29) is 0 Å². The predicted octanol–water partition coefficient (Wildman–Crippen LogP) is 3.42. The van der Waals surface area contributed by atoms with Gasteiger partial charge in [0.1, 0.15) is 17.3 Å². The largest absolute Gasteiger partial charge is 0.383 e. The summed E-state index contributed by atoms with van der Waals surface area (Å²) < 4.78 is 1.99. The van der Waals surface area contributed by atoms with Crippen molar-refractivity contribution in [3.63, 3.8) is 0 Å². The third-order valence-corrected chi connectivity index (χ3v) is 3.37. The van der Waals surface area contributed by atoms with Crippen LogP contribution in [0.25, 0.3) is 11.3 Å². The summed E-state index contributed by atoms with van der Waals surface area (Å²) in [6.07, 6.45) is 0. The molecule has 0 unspecified atom stereocenters. The Morgan fingerprint density at radius 1 is 1.35 bits per heavy atom. The van der Waals surface area contributed by atoms with Gasteiger partial charge in [-0.3, -0.25) is 0 Å². The molecule has 0 spiro atoms. The molecule has 4 heteroatoms. The van der Waals surface area contributed by atoms with Crippen LogP contribution in [0.2, 0.25) is 5.02 Å². The highest BCUT2D eigenvalue weighted by atomic mass is 35.5. The van der Waals surface area contributed by atoms with E-state index in [4.69, 9.17) is 17.3 Å². The average molecular weight is 250 g/mol. The van der Waals surface area contributed by atoms with Crippen LogP contribution < -0.4 is 5.73 Å². The van der Waals surface area contributed by atoms with Crippen LogP contribution in [0.3, 0.4) is 0 Å². The Morgan fingerprint density at radius 3 is 2.59 bits per heavy atom. The lowest BCUT2D eigenvalue weighted by Crippen LogP contribution is -2.02. The van der Waals surface area contributed by atoms with Crippen LogP contribution in [-0.2, 0) is 6.54 Å². The van der Waals surface area contributed by atoms with Crippen molar-refractivity contribution in [2.24, 2.45) is 0 Å². The minimum Gasteiger partial charge on any atom is -0.383 e. The fourth-order valence-electron chi connectivity index (χ4n) is 1.93. The molecule has 2 aromatic rings. The third-order valence-electron chi connectivity index (χ3n) is 2.96. The van der Waals surface area contributed by atoms with E-state index in [1.807, 2.05) is 36.6 Å². The van der Waals surface area contributed by atoms with Gasteiger partial charge in [-0.25, -0.2) is 4.98 Å². The lowest BCUT2D eigenvalue weighted by atomic mass is 10.1. The van der Waals surface area contributed by atoms with E-state index in [9.17, 15) is 0 Å². The molecular weight excluding hydrogens is 234 g/mol. The molecule has 1 aromatic carbocycles. The van der Waals surface area contributed by atoms with Crippen molar-refractivity contribution < 1.29 is 0 Å². The quantitative estimate of drug-likeness (QED) is 0.886. The van der Waals surface area contributed by atoms with Gasteiger partial charge in [0.05, 0.1) is 0 Å². The molecule has 17 heavy (non-hydrogen) atoms. The number of anilines is 1. The molecule has 2 rings (SSSR count). The molecule has 0 saturated heterocycles. The molecule has 0 atom stereocenters. The van der Waals surface area contributed by atoms with Gasteiger partial charge >= 0.3 is 0 Å². The minimum absolute atomic E-state index is 0.699. The molecule has 1 aromatic heterocycles. The second-order valence-corrected chi connectivity index (χ2v) is 4.51. The van der Waals surface area contributed by atoms with Gasteiger partial charge < -0.3 is 10.3 Å². The zero-order valence-corrected chi connectivity index (χ0v) is 11.0.